The predicted molar refractivity (Wildman–Crippen MR) is 222 cm³/mol. The minimum Gasteiger partial charge on any atom is -0.445 e. The summed E-state index contributed by atoms with van der Waals surface area (Å²) in [6.07, 6.45) is 9.23. The highest BCUT2D eigenvalue weighted by Crippen LogP contribution is 2.29. The number of nitrogens with one attached hydrogen (secondary N) is 4. The van der Waals surface area contributed by atoms with Crippen LogP contribution in [0.15, 0.2) is 72.9 Å². The number of hydrogen-bond donors (Lipinski definition) is 6. The van der Waals surface area contributed by atoms with E-state index in [1.165, 1.54) is 0 Å². The number of urea groups is 1. The molecule has 1 unspecified atom stereocenters. The number of ether oxygens (including phenoxy) is 1. The van der Waals surface area contributed by atoms with E-state index in [2.05, 4.69) is 32.3 Å². The Balaban J connectivity index is 1.14. The average molecular weight is 806 g/mol. The lowest BCUT2D eigenvalue weighted by molar-refractivity contribution is -0.132. The average Bonchev–Trinajstić information content (AvgIpc) is 3.67. The van der Waals surface area contributed by atoms with Gasteiger partial charge in [-0.25, -0.2) is 14.3 Å². The Hall–Kier alpha value is -6.89. The maximum absolute atomic E-state index is 13.4. The zero-order chi connectivity index (χ0) is 42.5. The summed E-state index contributed by atoms with van der Waals surface area (Å²) in [4.78, 5) is 77.0. The molecule has 3 atom stereocenters. The maximum atomic E-state index is 13.4. The van der Waals surface area contributed by atoms with E-state index in [1.807, 2.05) is 36.5 Å². The second-order valence-electron chi connectivity index (χ2n) is 14.8. The highest BCUT2D eigenvalue weighted by Gasteiger charge is 2.29. The van der Waals surface area contributed by atoms with E-state index in [9.17, 15) is 28.8 Å². The molecule has 59 heavy (non-hydrogen) atoms. The van der Waals surface area contributed by atoms with Crippen molar-refractivity contribution in [2.75, 3.05) is 25.0 Å². The van der Waals surface area contributed by atoms with Crippen molar-refractivity contribution in [3.8, 4) is 18.0 Å². The Morgan fingerprint density at radius 3 is 2.39 bits per heavy atom. The molecular formula is C43H51N9O7. The van der Waals surface area contributed by atoms with Crippen molar-refractivity contribution >= 4 is 52.3 Å². The molecule has 1 aromatic heterocycles. The molecule has 7 amide bonds. The molecule has 1 saturated heterocycles. The molecule has 2 heterocycles. The highest BCUT2D eigenvalue weighted by atomic mass is 16.6. The van der Waals surface area contributed by atoms with E-state index < -0.39 is 41.9 Å². The number of carbonyl (C=O) groups is 6. The van der Waals surface area contributed by atoms with Gasteiger partial charge in [-0.1, -0.05) is 50.2 Å². The summed E-state index contributed by atoms with van der Waals surface area (Å²) in [5.41, 5.74) is 14.7. The number of piperidine rings is 1. The van der Waals surface area contributed by atoms with Crippen LogP contribution in [0.2, 0.25) is 0 Å². The third kappa shape index (κ3) is 12.1. The van der Waals surface area contributed by atoms with Crippen molar-refractivity contribution in [2.24, 2.45) is 17.4 Å². The number of rotatable bonds is 17. The van der Waals surface area contributed by atoms with Crippen molar-refractivity contribution < 1.29 is 33.5 Å². The van der Waals surface area contributed by atoms with Crippen molar-refractivity contribution in [1.82, 2.24) is 30.6 Å². The first kappa shape index (κ1) is 43.2. The van der Waals surface area contributed by atoms with Gasteiger partial charge in [0.25, 0.3) is 5.91 Å². The molecule has 16 heteroatoms. The molecule has 3 aromatic carbocycles. The van der Waals surface area contributed by atoms with E-state index >= 15 is 0 Å². The molecule has 0 aliphatic carbocycles. The van der Waals surface area contributed by atoms with Gasteiger partial charge in [-0.2, -0.15) is 5.10 Å². The standard InChI is InChI=1S/C43H51N9O7/c1-4-5-13-36(53)49-37(27(2)3)41(56)48-35(12-7-22-46-42(45)57)40(55)47-32-18-14-28(15-19-32)26-59-43(58)51-23-8-10-30(24-51)29-16-20-33(21-17-29)52-25-31-9-6-11-34(39(44)54)38(31)50-52/h1,6,9,11,14-21,25,27,30,35,37H,5,7-8,10,12-13,22-24,26H2,2-3H3,(H2,44,54)(H,47,55)(H,48,56)(H,49,53)(H3,45,46,57)/t30?,35-,37-/m0/s1. The van der Waals surface area contributed by atoms with Gasteiger partial charge in [-0.05, 0) is 73.1 Å². The third-order valence-electron chi connectivity index (χ3n) is 10.1. The quantitative estimate of drug-likeness (QED) is 0.0671. The molecule has 0 saturated carbocycles. The summed E-state index contributed by atoms with van der Waals surface area (Å²) in [5.74, 6) is 0.297. The highest BCUT2D eigenvalue weighted by molar-refractivity contribution is 6.04. The van der Waals surface area contributed by atoms with Gasteiger partial charge < -0.3 is 42.4 Å². The fourth-order valence-electron chi connectivity index (χ4n) is 6.86. The minimum absolute atomic E-state index is 0.0216. The SMILES string of the molecule is C#CCCC(=O)N[C@H](C(=O)N[C@@H](CCCNC(N)=O)C(=O)Nc1ccc(COC(=O)N2CCCC(c3ccc(-n4cc5cccc(C(N)=O)c5n4)cc3)C2)cc1)C(C)C. The Kier molecular flexibility index (Phi) is 15.0. The number of anilines is 1. The lowest BCUT2D eigenvalue weighted by Crippen LogP contribution is -2.54. The molecule has 310 valence electrons. The largest absolute Gasteiger partial charge is 0.445 e. The number of terminal acetylenes is 1. The van der Waals surface area contributed by atoms with Crippen LogP contribution in [-0.2, 0) is 25.7 Å². The molecule has 1 aliphatic heterocycles. The van der Waals surface area contributed by atoms with Gasteiger partial charge >= 0.3 is 12.1 Å². The van der Waals surface area contributed by atoms with Crippen molar-refractivity contribution in [1.29, 1.82) is 0 Å². The second-order valence-corrected chi connectivity index (χ2v) is 14.8. The summed E-state index contributed by atoms with van der Waals surface area (Å²) in [7, 11) is 0. The van der Waals surface area contributed by atoms with Gasteiger partial charge in [0, 0.05) is 55.7 Å². The molecule has 16 nitrogen and oxygen atoms in total. The van der Waals surface area contributed by atoms with Crippen LogP contribution in [0.4, 0.5) is 15.3 Å². The molecule has 8 N–H and O–H groups in total. The number of fused-ring (bicyclic) bond motifs is 1. The first-order valence-electron chi connectivity index (χ1n) is 19.6. The van der Waals surface area contributed by atoms with Crippen LogP contribution in [0.25, 0.3) is 16.6 Å². The first-order valence-corrected chi connectivity index (χ1v) is 19.6. The van der Waals surface area contributed by atoms with Gasteiger partial charge in [0.15, 0.2) is 0 Å². The fourth-order valence-corrected chi connectivity index (χ4v) is 6.86. The van der Waals surface area contributed by atoms with Crippen LogP contribution >= 0.6 is 0 Å². The number of benzene rings is 3. The molecule has 1 fully saturated rings. The van der Waals surface area contributed by atoms with Gasteiger partial charge in [0.05, 0.1) is 11.3 Å². The molecule has 1 aliphatic rings. The zero-order valence-corrected chi connectivity index (χ0v) is 33.2. The zero-order valence-electron chi connectivity index (χ0n) is 33.2. The van der Waals surface area contributed by atoms with E-state index in [-0.39, 0.29) is 50.2 Å². The normalized spacial score (nSPS) is 14.7. The van der Waals surface area contributed by atoms with Crippen LogP contribution in [0.1, 0.15) is 79.8 Å². The van der Waals surface area contributed by atoms with Crippen LogP contribution in [0, 0.1) is 18.3 Å². The smallest absolute Gasteiger partial charge is 0.410 e. The summed E-state index contributed by atoms with van der Waals surface area (Å²) < 4.78 is 7.40. The van der Waals surface area contributed by atoms with Crippen molar-refractivity contribution in [2.45, 2.75) is 77.0 Å². The van der Waals surface area contributed by atoms with Gasteiger partial charge in [0.1, 0.15) is 24.2 Å². The van der Waals surface area contributed by atoms with Crippen LogP contribution < -0.4 is 32.7 Å². The number of nitrogens with two attached hydrogens (primary N) is 2. The number of carbonyl (C=O) groups excluding carboxylic acids is 6. The topological polar surface area (TPSA) is 233 Å². The summed E-state index contributed by atoms with van der Waals surface area (Å²) in [5, 5.41) is 16.1. The monoisotopic (exact) mass is 805 g/mol. The Morgan fingerprint density at radius 1 is 0.966 bits per heavy atom. The molecule has 0 spiro atoms. The van der Waals surface area contributed by atoms with E-state index in [4.69, 9.17) is 22.6 Å². The number of hydrogen-bond acceptors (Lipinski definition) is 8. The molecule has 0 bridgehead atoms. The molecule has 0 radical (unpaired) electrons. The first-order chi connectivity index (χ1) is 28.3. The van der Waals surface area contributed by atoms with E-state index in [0.29, 0.717) is 41.8 Å². The lowest BCUT2D eigenvalue weighted by atomic mass is 9.91. The van der Waals surface area contributed by atoms with Crippen LogP contribution in [-0.4, -0.2) is 82.2 Å². The lowest BCUT2D eigenvalue weighted by Gasteiger charge is -2.32. The molecular weight excluding hydrogens is 755 g/mol. The van der Waals surface area contributed by atoms with Gasteiger partial charge in [0.2, 0.25) is 17.7 Å². The fraction of sp³-hybridized carbons (Fsp3) is 0.372. The van der Waals surface area contributed by atoms with Crippen molar-refractivity contribution in [3.05, 3.63) is 89.6 Å². The number of likely N-dealkylation sites (tertiary alicyclic amines) is 1. The Labute approximate surface area is 342 Å². The Morgan fingerprint density at radius 2 is 1.71 bits per heavy atom. The predicted octanol–water partition coefficient (Wildman–Crippen LogP) is 4.07. The summed E-state index contributed by atoms with van der Waals surface area (Å²) >= 11 is 0. The summed E-state index contributed by atoms with van der Waals surface area (Å²) in [6.45, 7) is 4.84. The maximum Gasteiger partial charge on any atom is 0.410 e. The minimum atomic E-state index is -0.997. The van der Waals surface area contributed by atoms with Crippen LogP contribution in [0.3, 0.4) is 0 Å². The van der Waals surface area contributed by atoms with Gasteiger partial charge in [-0.15, -0.1) is 12.3 Å². The van der Waals surface area contributed by atoms with Crippen molar-refractivity contribution in [3.63, 3.8) is 0 Å². The van der Waals surface area contributed by atoms with Gasteiger partial charge in [-0.3, -0.25) is 19.2 Å². The van der Waals surface area contributed by atoms with E-state index in [1.54, 1.807) is 59.8 Å². The van der Waals surface area contributed by atoms with Crippen LogP contribution in [0.5, 0.6) is 0 Å². The summed E-state index contributed by atoms with van der Waals surface area (Å²) in [6, 6.07) is 17.5. The number of aromatic nitrogens is 2. The molecule has 4 aromatic rings. The third-order valence-corrected chi connectivity index (χ3v) is 10.1. The van der Waals surface area contributed by atoms with E-state index in [0.717, 1.165) is 29.5 Å². The number of amides is 7. The Bertz CT molecular complexity index is 2180. The number of primary amides is 2. The molecule has 5 rings (SSSR count). The second kappa shape index (κ2) is 20.5. The number of nitrogens with zero attached hydrogens (tertiary/aromatic N) is 3.